The molecule has 0 radical (unpaired) electrons. The molecule has 8 heteroatoms. The Morgan fingerprint density at radius 1 is 1.08 bits per heavy atom. The Kier molecular flexibility index (Phi) is 6.10. The van der Waals surface area contributed by atoms with Gasteiger partial charge < -0.3 is 21.5 Å². The first-order valence-corrected chi connectivity index (χ1v) is 7.46. The summed E-state index contributed by atoms with van der Waals surface area (Å²) in [7, 11) is 0. The van der Waals surface area contributed by atoms with Gasteiger partial charge in [0.2, 0.25) is 11.9 Å². The standard InChI is InChI=1S/C17H17N5O2.ClH/c18-15(24)11-5-7-12(8-6-11)20-17-21-14-4-2-1-3-13(14)16(22-17)19-9-10-23;/h1-8,23H,9-10H2,(H2,18,24)(H2,19,20,21,22);1H. The summed E-state index contributed by atoms with van der Waals surface area (Å²) in [5.41, 5.74) is 7.19. The molecule has 2 aromatic carbocycles. The third-order valence-electron chi connectivity index (χ3n) is 3.43. The van der Waals surface area contributed by atoms with E-state index >= 15 is 0 Å². The van der Waals surface area contributed by atoms with Crippen LogP contribution < -0.4 is 16.4 Å². The van der Waals surface area contributed by atoms with Crippen LogP contribution in [0, 0.1) is 0 Å². The van der Waals surface area contributed by atoms with Crippen LogP contribution in [-0.4, -0.2) is 34.1 Å². The van der Waals surface area contributed by atoms with E-state index < -0.39 is 5.91 Å². The van der Waals surface area contributed by atoms with Gasteiger partial charge in [0.1, 0.15) is 5.82 Å². The fraction of sp³-hybridized carbons (Fsp3) is 0.118. The van der Waals surface area contributed by atoms with Gasteiger partial charge in [-0.05, 0) is 36.4 Å². The van der Waals surface area contributed by atoms with E-state index in [0.29, 0.717) is 23.9 Å². The third kappa shape index (κ3) is 4.34. The van der Waals surface area contributed by atoms with Gasteiger partial charge in [0.15, 0.2) is 0 Å². The summed E-state index contributed by atoms with van der Waals surface area (Å²) < 4.78 is 0. The Bertz CT molecular complexity index is 871. The van der Waals surface area contributed by atoms with Gasteiger partial charge in [-0.25, -0.2) is 4.98 Å². The van der Waals surface area contributed by atoms with Crippen LogP contribution in [0.25, 0.3) is 10.9 Å². The van der Waals surface area contributed by atoms with Crippen LogP contribution >= 0.6 is 12.4 Å². The van der Waals surface area contributed by atoms with E-state index in [-0.39, 0.29) is 19.0 Å². The summed E-state index contributed by atoms with van der Waals surface area (Å²) in [6.07, 6.45) is 0. The van der Waals surface area contributed by atoms with Crippen molar-refractivity contribution in [3.8, 4) is 0 Å². The number of fused-ring (bicyclic) bond motifs is 1. The number of nitrogens with two attached hydrogens (primary N) is 1. The highest BCUT2D eigenvalue weighted by Gasteiger charge is 2.08. The molecule has 0 aliphatic heterocycles. The highest BCUT2D eigenvalue weighted by atomic mass is 35.5. The lowest BCUT2D eigenvalue weighted by atomic mass is 10.2. The second kappa shape index (κ2) is 8.27. The van der Waals surface area contributed by atoms with E-state index in [0.717, 1.165) is 16.6 Å². The van der Waals surface area contributed by atoms with Crippen LogP contribution in [0.2, 0.25) is 0 Å². The molecule has 0 fully saturated rings. The molecule has 25 heavy (non-hydrogen) atoms. The molecular formula is C17H18ClN5O2. The number of hydrogen-bond donors (Lipinski definition) is 4. The Balaban J connectivity index is 0.00000225. The predicted octanol–water partition coefficient (Wildman–Crippen LogP) is 2.30. The van der Waals surface area contributed by atoms with E-state index in [1.54, 1.807) is 24.3 Å². The number of para-hydroxylation sites is 1. The fourth-order valence-corrected chi connectivity index (χ4v) is 2.29. The molecule has 3 aromatic rings. The number of anilines is 3. The molecule has 0 aliphatic carbocycles. The van der Waals surface area contributed by atoms with E-state index in [2.05, 4.69) is 20.6 Å². The van der Waals surface area contributed by atoms with Crippen molar-refractivity contribution >= 4 is 46.7 Å². The molecule has 0 bridgehead atoms. The van der Waals surface area contributed by atoms with Crippen molar-refractivity contribution in [3.05, 3.63) is 54.1 Å². The number of hydrogen-bond acceptors (Lipinski definition) is 6. The number of amides is 1. The lowest BCUT2D eigenvalue weighted by Crippen LogP contribution is -2.11. The average Bonchev–Trinajstić information content (AvgIpc) is 2.60. The Morgan fingerprint density at radius 2 is 1.80 bits per heavy atom. The minimum Gasteiger partial charge on any atom is -0.395 e. The smallest absolute Gasteiger partial charge is 0.248 e. The number of halogens is 1. The molecule has 1 heterocycles. The molecule has 0 spiro atoms. The topological polar surface area (TPSA) is 113 Å². The van der Waals surface area contributed by atoms with Crippen LogP contribution in [0.4, 0.5) is 17.5 Å². The summed E-state index contributed by atoms with van der Waals surface area (Å²) in [6, 6.07) is 14.4. The summed E-state index contributed by atoms with van der Waals surface area (Å²) in [4.78, 5) is 20.0. The van der Waals surface area contributed by atoms with Gasteiger partial charge in [0.05, 0.1) is 12.1 Å². The molecule has 0 atom stereocenters. The van der Waals surface area contributed by atoms with Crippen LogP contribution in [-0.2, 0) is 0 Å². The number of carbonyl (C=O) groups is 1. The lowest BCUT2D eigenvalue weighted by molar-refractivity contribution is 0.100. The number of benzene rings is 2. The minimum absolute atomic E-state index is 0. The zero-order chi connectivity index (χ0) is 16.9. The molecule has 0 unspecified atom stereocenters. The first-order valence-electron chi connectivity index (χ1n) is 7.46. The van der Waals surface area contributed by atoms with Crippen molar-refractivity contribution in [2.45, 2.75) is 0 Å². The van der Waals surface area contributed by atoms with Crippen LogP contribution in [0.3, 0.4) is 0 Å². The first kappa shape index (κ1) is 18.4. The van der Waals surface area contributed by atoms with Gasteiger partial charge in [-0.15, -0.1) is 12.4 Å². The molecule has 0 saturated heterocycles. The van der Waals surface area contributed by atoms with Gasteiger partial charge in [-0.1, -0.05) is 12.1 Å². The van der Waals surface area contributed by atoms with Crippen LogP contribution in [0.1, 0.15) is 10.4 Å². The zero-order valence-electron chi connectivity index (χ0n) is 13.3. The second-order valence-corrected chi connectivity index (χ2v) is 5.13. The van der Waals surface area contributed by atoms with Crippen molar-refractivity contribution in [2.75, 3.05) is 23.8 Å². The number of rotatable bonds is 6. The van der Waals surface area contributed by atoms with Crippen LogP contribution in [0.15, 0.2) is 48.5 Å². The number of aliphatic hydroxyl groups is 1. The maximum atomic E-state index is 11.1. The molecule has 3 rings (SSSR count). The number of nitrogens with one attached hydrogen (secondary N) is 2. The molecule has 0 saturated carbocycles. The number of nitrogens with zero attached hydrogens (tertiary/aromatic N) is 2. The third-order valence-corrected chi connectivity index (χ3v) is 3.43. The van der Waals surface area contributed by atoms with Gasteiger partial charge in [0.25, 0.3) is 0 Å². The highest BCUT2D eigenvalue weighted by molar-refractivity contribution is 5.93. The quantitative estimate of drug-likeness (QED) is 0.537. The lowest BCUT2D eigenvalue weighted by Gasteiger charge is -2.11. The summed E-state index contributed by atoms with van der Waals surface area (Å²) in [5, 5.41) is 16.1. The van der Waals surface area contributed by atoms with Gasteiger partial charge >= 0.3 is 0 Å². The second-order valence-electron chi connectivity index (χ2n) is 5.13. The van der Waals surface area contributed by atoms with E-state index in [4.69, 9.17) is 10.8 Å². The highest BCUT2D eigenvalue weighted by Crippen LogP contribution is 2.23. The molecule has 1 aromatic heterocycles. The Morgan fingerprint density at radius 3 is 2.48 bits per heavy atom. The fourth-order valence-electron chi connectivity index (χ4n) is 2.29. The number of aromatic nitrogens is 2. The van der Waals surface area contributed by atoms with Gasteiger partial charge in [-0.3, -0.25) is 4.79 Å². The van der Waals surface area contributed by atoms with E-state index in [1.165, 1.54) is 0 Å². The van der Waals surface area contributed by atoms with Crippen molar-refractivity contribution in [1.82, 2.24) is 9.97 Å². The van der Waals surface area contributed by atoms with Crippen molar-refractivity contribution in [3.63, 3.8) is 0 Å². The summed E-state index contributed by atoms with van der Waals surface area (Å²) in [6.45, 7) is 0.406. The van der Waals surface area contributed by atoms with E-state index in [9.17, 15) is 4.79 Å². The zero-order valence-corrected chi connectivity index (χ0v) is 14.1. The first-order chi connectivity index (χ1) is 11.7. The SMILES string of the molecule is Cl.NC(=O)c1ccc(Nc2nc(NCCO)c3ccccc3n2)cc1. The normalized spacial score (nSPS) is 10.1. The Hall–Kier alpha value is -2.90. The molecule has 1 amide bonds. The molecular weight excluding hydrogens is 342 g/mol. The summed E-state index contributed by atoms with van der Waals surface area (Å²) in [5.74, 6) is 0.589. The number of carbonyl (C=O) groups excluding carboxylic acids is 1. The Labute approximate surface area is 150 Å². The molecule has 130 valence electrons. The largest absolute Gasteiger partial charge is 0.395 e. The van der Waals surface area contributed by atoms with E-state index in [1.807, 2.05) is 24.3 Å². The van der Waals surface area contributed by atoms with Gasteiger partial charge in [0, 0.05) is 23.2 Å². The minimum atomic E-state index is -0.473. The maximum Gasteiger partial charge on any atom is 0.248 e. The van der Waals surface area contributed by atoms with Gasteiger partial charge in [-0.2, -0.15) is 4.98 Å². The maximum absolute atomic E-state index is 11.1. The van der Waals surface area contributed by atoms with Crippen molar-refractivity contribution in [1.29, 1.82) is 0 Å². The molecule has 5 N–H and O–H groups in total. The average molecular weight is 360 g/mol. The van der Waals surface area contributed by atoms with Crippen LogP contribution in [0.5, 0.6) is 0 Å². The van der Waals surface area contributed by atoms with Crippen molar-refractivity contribution < 1.29 is 9.90 Å². The predicted molar refractivity (Wildman–Crippen MR) is 101 cm³/mol. The summed E-state index contributed by atoms with van der Waals surface area (Å²) >= 11 is 0. The number of primary amides is 1. The molecule has 7 nitrogen and oxygen atoms in total. The monoisotopic (exact) mass is 359 g/mol. The molecule has 0 aliphatic rings. The van der Waals surface area contributed by atoms with Crippen molar-refractivity contribution in [2.24, 2.45) is 5.73 Å². The number of aliphatic hydroxyl groups excluding tert-OH is 1.